The van der Waals surface area contributed by atoms with Gasteiger partial charge in [0.2, 0.25) is 5.95 Å². The van der Waals surface area contributed by atoms with Crippen LogP contribution in [-0.4, -0.2) is 47.3 Å². The van der Waals surface area contributed by atoms with Crippen LogP contribution in [0.2, 0.25) is 0 Å². The Hall–Kier alpha value is -1.63. The molecule has 1 aromatic heterocycles. The molecule has 7 heteroatoms. The standard InChI is InChI=1S/C20H32N6S/c1-14-7-10-25(11-8-14)17-12-18(26-9-3-4-15(2)13-26)23-19(22-17)24-20(27)21-16-5-6-16/h12,14-16H,3-11,13H2,1-2H3,(H2,21,22,23,24,27)/t15-/m1/s1. The van der Waals surface area contributed by atoms with Crippen LogP contribution in [0.3, 0.4) is 0 Å². The molecule has 6 nitrogen and oxygen atoms in total. The van der Waals surface area contributed by atoms with Gasteiger partial charge in [-0.15, -0.1) is 0 Å². The first kappa shape index (κ1) is 18.7. The van der Waals surface area contributed by atoms with Crippen LogP contribution in [0.25, 0.3) is 0 Å². The molecule has 0 amide bonds. The zero-order valence-electron chi connectivity index (χ0n) is 16.6. The Kier molecular flexibility index (Phi) is 5.66. The van der Waals surface area contributed by atoms with E-state index in [0.717, 1.165) is 43.7 Å². The molecule has 1 aromatic rings. The van der Waals surface area contributed by atoms with E-state index >= 15 is 0 Å². The predicted molar refractivity (Wildman–Crippen MR) is 116 cm³/mol. The summed E-state index contributed by atoms with van der Waals surface area (Å²) >= 11 is 5.46. The van der Waals surface area contributed by atoms with Gasteiger partial charge in [0.1, 0.15) is 11.6 Å². The van der Waals surface area contributed by atoms with Crippen molar-refractivity contribution in [2.45, 2.75) is 58.4 Å². The Bertz CT molecular complexity index is 668. The van der Waals surface area contributed by atoms with Gasteiger partial charge in [-0.1, -0.05) is 13.8 Å². The fourth-order valence-electron chi connectivity index (χ4n) is 3.99. The molecular weight excluding hydrogens is 356 g/mol. The summed E-state index contributed by atoms with van der Waals surface area (Å²) in [6, 6.07) is 2.70. The van der Waals surface area contributed by atoms with Gasteiger partial charge in [0, 0.05) is 38.3 Å². The quantitative estimate of drug-likeness (QED) is 0.767. The van der Waals surface area contributed by atoms with Crippen molar-refractivity contribution < 1.29 is 0 Å². The second-order valence-electron chi connectivity index (χ2n) is 8.64. The van der Waals surface area contributed by atoms with Crippen molar-refractivity contribution in [1.82, 2.24) is 15.3 Å². The van der Waals surface area contributed by atoms with Crippen molar-refractivity contribution in [1.29, 1.82) is 0 Å². The van der Waals surface area contributed by atoms with Crippen molar-refractivity contribution >= 4 is 34.9 Å². The van der Waals surface area contributed by atoms with Crippen molar-refractivity contribution in [3.05, 3.63) is 6.07 Å². The fraction of sp³-hybridized carbons (Fsp3) is 0.750. The molecule has 3 fully saturated rings. The highest BCUT2D eigenvalue weighted by molar-refractivity contribution is 7.80. The number of aromatic nitrogens is 2. The molecule has 0 bridgehead atoms. The molecule has 0 aromatic carbocycles. The summed E-state index contributed by atoms with van der Waals surface area (Å²) in [4.78, 5) is 14.4. The summed E-state index contributed by atoms with van der Waals surface area (Å²) in [5.74, 6) is 4.20. The second-order valence-corrected chi connectivity index (χ2v) is 9.05. The van der Waals surface area contributed by atoms with Gasteiger partial charge < -0.3 is 20.4 Å². The summed E-state index contributed by atoms with van der Waals surface area (Å²) in [7, 11) is 0. The number of thiocarbonyl (C=S) groups is 1. The molecule has 4 rings (SSSR count). The minimum atomic E-state index is 0.527. The molecule has 2 N–H and O–H groups in total. The molecule has 0 unspecified atom stereocenters. The highest BCUT2D eigenvalue weighted by atomic mass is 32.1. The largest absolute Gasteiger partial charge is 0.360 e. The lowest BCUT2D eigenvalue weighted by Crippen LogP contribution is -2.37. The first-order chi connectivity index (χ1) is 13.1. The zero-order chi connectivity index (χ0) is 18.8. The van der Waals surface area contributed by atoms with Gasteiger partial charge in [0.25, 0.3) is 0 Å². The van der Waals surface area contributed by atoms with Crippen LogP contribution < -0.4 is 20.4 Å². The monoisotopic (exact) mass is 388 g/mol. The predicted octanol–water partition coefficient (Wildman–Crippen LogP) is 3.40. The van der Waals surface area contributed by atoms with Crippen LogP contribution in [0.4, 0.5) is 17.6 Å². The molecule has 0 spiro atoms. The van der Waals surface area contributed by atoms with Crippen molar-refractivity contribution in [3.8, 4) is 0 Å². The second kappa shape index (κ2) is 8.17. The summed E-state index contributed by atoms with van der Waals surface area (Å²) in [6.45, 7) is 8.94. The minimum absolute atomic E-state index is 0.527. The number of rotatable bonds is 4. The van der Waals surface area contributed by atoms with Gasteiger partial charge in [-0.05, 0) is 62.6 Å². The molecule has 1 atom stereocenters. The lowest BCUT2D eigenvalue weighted by atomic mass is 9.99. The Morgan fingerprint density at radius 2 is 1.67 bits per heavy atom. The maximum absolute atomic E-state index is 5.46. The van der Waals surface area contributed by atoms with Gasteiger partial charge in [0.05, 0.1) is 0 Å². The normalized spacial score (nSPS) is 24.0. The first-order valence-electron chi connectivity index (χ1n) is 10.5. The topological polar surface area (TPSA) is 56.3 Å². The Morgan fingerprint density at radius 1 is 0.963 bits per heavy atom. The zero-order valence-corrected chi connectivity index (χ0v) is 17.4. The average Bonchev–Trinajstić information content (AvgIpc) is 3.46. The van der Waals surface area contributed by atoms with Crippen molar-refractivity contribution in [2.24, 2.45) is 11.8 Å². The van der Waals surface area contributed by atoms with Crippen LogP contribution in [0.5, 0.6) is 0 Å². The van der Waals surface area contributed by atoms with Crippen LogP contribution in [0.15, 0.2) is 6.07 Å². The van der Waals surface area contributed by atoms with E-state index in [9.17, 15) is 0 Å². The SMILES string of the molecule is CC1CCN(c2cc(N3CCC[C@@H](C)C3)nc(NC(=S)NC3CC3)n2)CC1. The van der Waals surface area contributed by atoms with Crippen LogP contribution in [0, 0.1) is 11.8 Å². The van der Waals surface area contributed by atoms with Crippen molar-refractivity contribution in [2.75, 3.05) is 41.3 Å². The highest BCUT2D eigenvalue weighted by Gasteiger charge is 2.24. The number of piperidine rings is 2. The van der Waals surface area contributed by atoms with E-state index in [4.69, 9.17) is 22.2 Å². The van der Waals surface area contributed by atoms with E-state index in [1.807, 2.05) is 0 Å². The van der Waals surface area contributed by atoms with Crippen LogP contribution >= 0.6 is 12.2 Å². The Balaban J connectivity index is 1.55. The van der Waals surface area contributed by atoms with Gasteiger partial charge in [-0.25, -0.2) is 0 Å². The third kappa shape index (κ3) is 5.00. The van der Waals surface area contributed by atoms with Gasteiger partial charge in [0.15, 0.2) is 5.11 Å². The maximum atomic E-state index is 5.46. The number of nitrogens with zero attached hydrogens (tertiary/aromatic N) is 4. The smallest absolute Gasteiger partial charge is 0.232 e. The van der Waals surface area contributed by atoms with Crippen LogP contribution in [-0.2, 0) is 0 Å². The number of hydrogen-bond acceptors (Lipinski definition) is 5. The molecule has 2 aliphatic heterocycles. The van der Waals surface area contributed by atoms with Gasteiger partial charge in [-0.3, -0.25) is 0 Å². The highest BCUT2D eigenvalue weighted by Crippen LogP contribution is 2.28. The van der Waals surface area contributed by atoms with Gasteiger partial charge >= 0.3 is 0 Å². The maximum Gasteiger partial charge on any atom is 0.232 e. The summed E-state index contributed by atoms with van der Waals surface area (Å²) in [5, 5.41) is 7.20. The van der Waals surface area contributed by atoms with Crippen LogP contribution in [0.1, 0.15) is 52.4 Å². The molecule has 27 heavy (non-hydrogen) atoms. The molecule has 1 aliphatic carbocycles. The molecule has 3 heterocycles. The van der Waals surface area contributed by atoms with E-state index in [1.54, 1.807) is 0 Å². The van der Waals surface area contributed by atoms with E-state index in [2.05, 4.69) is 40.3 Å². The van der Waals surface area contributed by atoms with E-state index in [1.165, 1.54) is 38.5 Å². The fourth-order valence-corrected chi connectivity index (χ4v) is 4.25. The number of nitrogens with one attached hydrogen (secondary N) is 2. The minimum Gasteiger partial charge on any atom is -0.360 e. The summed E-state index contributed by atoms with van der Waals surface area (Å²) in [5.41, 5.74) is 0. The summed E-state index contributed by atoms with van der Waals surface area (Å²) in [6.07, 6.45) is 7.39. The molecular formula is C20H32N6S. The Labute approximate surface area is 168 Å². The molecule has 3 aliphatic rings. The van der Waals surface area contributed by atoms with E-state index < -0.39 is 0 Å². The third-order valence-corrected chi connectivity index (χ3v) is 6.15. The molecule has 0 radical (unpaired) electrons. The number of hydrogen-bond donors (Lipinski definition) is 2. The lowest BCUT2D eigenvalue weighted by Gasteiger charge is -2.34. The van der Waals surface area contributed by atoms with E-state index in [-0.39, 0.29) is 0 Å². The molecule has 2 saturated heterocycles. The first-order valence-corrected chi connectivity index (χ1v) is 10.9. The van der Waals surface area contributed by atoms with Crippen molar-refractivity contribution in [3.63, 3.8) is 0 Å². The van der Waals surface area contributed by atoms with Gasteiger partial charge in [-0.2, -0.15) is 9.97 Å². The molecule has 148 valence electrons. The summed E-state index contributed by atoms with van der Waals surface area (Å²) < 4.78 is 0. The number of anilines is 3. The van der Waals surface area contributed by atoms with E-state index in [0.29, 0.717) is 23.0 Å². The lowest BCUT2D eigenvalue weighted by molar-refractivity contribution is 0.435. The molecule has 1 saturated carbocycles. The Morgan fingerprint density at radius 3 is 2.33 bits per heavy atom. The third-order valence-electron chi connectivity index (χ3n) is 5.93. The average molecular weight is 389 g/mol.